The summed E-state index contributed by atoms with van der Waals surface area (Å²) in [5.41, 5.74) is -1.36. The van der Waals surface area contributed by atoms with Gasteiger partial charge in [0.1, 0.15) is 0 Å². The average molecular weight is 208 g/mol. The number of piperidine rings is 3. The van der Waals surface area contributed by atoms with E-state index >= 15 is 0 Å². The molecule has 2 bridgehead atoms. The van der Waals surface area contributed by atoms with E-state index in [4.69, 9.17) is 9.90 Å². The van der Waals surface area contributed by atoms with Gasteiger partial charge in [-0.05, 0) is 31.8 Å². The molecule has 3 rings (SSSR count). The fourth-order valence-electron chi connectivity index (χ4n) is 1.93. The molecule has 5 heteroatoms. The topological polar surface area (TPSA) is 60.8 Å². The fourth-order valence-corrected chi connectivity index (χ4v) is 1.93. The molecular weight excluding hydrogens is 194 g/mol. The third-order valence-electron chi connectivity index (χ3n) is 2.62. The molecule has 0 saturated carbocycles. The Bertz CT molecular complexity index is 176. The maximum Gasteiger partial charge on any atom is 0.401 e. The predicted octanol–water partition coefficient (Wildman–Crippen LogP) is 0.976. The molecule has 3 aliphatic heterocycles. The van der Waals surface area contributed by atoms with Crippen molar-refractivity contribution in [1.82, 2.24) is 4.90 Å². The Kier molecular flexibility index (Phi) is 3.96. The molecule has 0 spiro atoms. The van der Waals surface area contributed by atoms with Crippen molar-refractivity contribution >= 4 is 17.0 Å². The van der Waals surface area contributed by atoms with Crippen molar-refractivity contribution < 1.29 is 15.0 Å². The second kappa shape index (κ2) is 4.79. The smallest absolute Gasteiger partial charge is 0.401 e. The van der Waals surface area contributed by atoms with Crippen LogP contribution < -0.4 is 0 Å². The Morgan fingerprint density at radius 2 is 1.85 bits per heavy atom. The summed E-state index contributed by atoms with van der Waals surface area (Å²) in [5.74, 6) is 0.634. The molecule has 13 heavy (non-hydrogen) atoms. The van der Waals surface area contributed by atoms with Crippen molar-refractivity contribution in [1.29, 1.82) is 0 Å². The van der Waals surface area contributed by atoms with Crippen LogP contribution in [0.2, 0.25) is 0 Å². The van der Waals surface area contributed by atoms with Crippen LogP contribution in [-0.2, 0) is 0 Å². The van der Waals surface area contributed by atoms with E-state index in [2.05, 4.69) is 16.5 Å². The van der Waals surface area contributed by atoms with Crippen LogP contribution in [-0.4, -0.2) is 46.3 Å². The van der Waals surface area contributed by atoms with Crippen LogP contribution >= 0.6 is 11.6 Å². The van der Waals surface area contributed by atoms with Crippen LogP contribution in [0.15, 0.2) is 0 Å². The zero-order valence-corrected chi connectivity index (χ0v) is 8.07. The number of aliphatic hydroxyl groups excluding tert-OH is 1. The monoisotopic (exact) mass is 207 g/mol. The molecule has 1 atom stereocenters. The molecule has 3 saturated heterocycles. The van der Waals surface area contributed by atoms with Crippen molar-refractivity contribution in [3.05, 3.63) is 0 Å². The number of carboxylic acid groups (broad SMARTS) is 1. The molecule has 3 aliphatic rings. The van der Waals surface area contributed by atoms with Crippen LogP contribution in [0.4, 0.5) is 4.79 Å². The molecule has 0 aromatic rings. The Morgan fingerprint density at radius 3 is 2.00 bits per heavy atom. The molecular formula is C8H14ClNO3. The molecule has 0 aliphatic carbocycles. The van der Waals surface area contributed by atoms with Gasteiger partial charge >= 0.3 is 5.43 Å². The lowest BCUT2D eigenvalue weighted by Crippen LogP contribution is -2.50. The molecule has 0 aromatic heterocycles. The van der Waals surface area contributed by atoms with Gasteiger partial charge in [-0.2, -0.15) is 0 Å². The van der Waals surface area contributed by atoms with E-state index in [1.54, 1.807) is 0 Å². The Labute approximate surface area is 82.1 Å². The summed E-state index contributed by atoms with van der Waals surface area (Å²) in [6.45, 7) is 3.38. The maximum absolute atomic E-state index is 9.36. The molecule has 1 unspecified atom stereocenters. The molecule has 3 fully saturated rings. The molecule has 0 radical (unpaired) electrons. The zero-order chi connectivity index (χ0) is 9.84. The Morgan fingerprint density at radius 1 is 1.38 bits per heavy atom. The zero-order valence-electron chi connectivity index (χ0n) is 7.32. The van der Waals surface area contributed by atoms with Crippen molar-refractivity contribution in [3.8, 4) is 0 Å². The highest BCUT2D eigenvalue weighted by Crippen LogP contribution is 2.26. The molecule has 3 heterocycles. The van der Waals surface area contributed by atoms with Gasteiger partial charge in [0.2, 0.25) is 0 Å². The second-order valence-corrected chi connectivity index (χ2v) is 3.78. The number of hydrogen-bond donors (Lipinski definition) is 2. The minimum atomic E-state index is -1.36. The number of rotatable bonds is 0. The average Bonchev–Trinajstić information content (AvgIpc) is 2.04. The van der Waals surface area contributed by atoms with Crippen molar-refractivity contribution in [2.45, 2.75) is 18.9 Å². The lowest BCUT2D eigenvalue weighted by molar-refractivity contribution is -0.0227. The normalized spacial score (nSPS) is 36.3. The van der Waals surface area contributed by atoms with Gasteiger partial charge in [-0.1, -0.05) is 0 Å². The van der Waals surface area contributed by atoms with E-state index in [0.717, 1.165) is 6.54 Å². The number of aliphatic hydroxyl groups is 1. The number of halogens is 1. The van der Waals surface area contributed by atoms with E-state index in [1.807, 2.05) is 0 Å². The van der Waals surface area contributed by atoms with Gasteiger partial charge < -0.3 is 15.1 Å². The first kappa shape index (κ1) is 10.8. The summed E-state index contributed by atoms with van der Waals surface area (Å²) in [4.78, 5) is 11.1. The highest BCUT2D eigenvalue weighted by atomic mass is 35.5. The summed E-state index contributed by atoms with van der Waals surface area (Å²) >= 11 is 4.19. The molecule has 2 N–H and O–H groups in total. The van der Waals surface area contributed by atoms with Crippen LogP contribution in [0.3, 0.4) is 0 Å². The first-order valence-electron chi connectivity index (χ1n) is 4.38. The van der Waals surface area contributed by atoms with Gasteiger partial charge in [0.25, 0.3) is 0 Å². The number of hydrogen-bond acceptors (Lipinski definition) is 3. The van der Waals surface area contributed by atoms with Crippen molar-refractivity contribution in [2.24, 2.45) is 5.92 Å². The molecule has 76 valence electrons. The standard InChI is InChI=1S/C7H13NO.CHClO2/c9-7-5-8-3-1-6(7)2-4-8;2-1(3)4/h6-7,9H,1-5H2;(H,3,4). The first-order valence-corrected chi connectivity index (χ1v) is 4.76. The number of fused-ring (bicyclic) bond motifs is 3. The maximum atomic E-state index is 9.36. The number of nitrogens with zero attached hydrogens (tertiary/aromatic N) is 1. The first-order chi connectivity index (χ1) is 6.09. The third-order valence-corrected chi connectivity index (χ3v) is 2.62. The summed E-state index contributed by atoms with van der Waals surface area (Å²) < 4.78 is 0. The quantitative estimate of drug-likeness (QED) is 0.582. The number of carbonyl (C=O) groups is 1. The predicted molar refractivity (Wildman–Crippen MR) is 49.0 cm³/mol. The largest absolute Gasteiger partial charge is 0.469 e. The van der Waals surface area contributed by atoms with Crippen LogP contribution in [0, 0.1) is 5.92 Å². The van der Waals surface area contributed by atoms with Gasteiger partial charge in [-0.25, -0.2) is 4.79 Å². The van der Waals surface area contributed by atoms with E-state index in [0.29, 0.717) is 5.92 Å². The third kappa shape index (κ3) is 3.50. The summed E-state index contributed by atoms with van der Waals surface area (Å²) in [6.07, 6.45) is 2.44. The SMILES string of the molecule is O=C(O)Cl.OC1CN2CCC1CC2. The minimum absolute atomic E-state index is 0.00694. The summed E-state index contributed by atoms with van der Waals surface area (Å²) in [5, 5.41) is 16.5. The summed E-state index contributed by atoms with van der Waals surface area (Å²) in [7, 11) is 0. The second-order valence-electron chi connectivity index (χ2n) is 3.46. The minimum Gasteiger partial charge on any atom is -0.469 e. The van der Waals surface area contributed by atoms with E-state index in [1.165, 1.54) is 25.9 Å². The highest BCUT2D eigenvalue weighted by Gasteiger charge is 2.32. The molecule has 0 aromatic carbocycles. The Balaban J connectivity index is 0.000000184. The van der Waals surface area contributed by atoms with Gasteiger partial charge in [0, 0.05) is 18.1 Å². The van der Waals surface area contributed by atoms with E-state index in [9.17, 15) is 5.11 Å². The van der Waals surface area contributed by atoms with E-state index < -0.39 is 5.43 Å². The van der Waals surface area contributed by atoms with Gasteiger partial charge in [-0.3, -0.25) is 0 Å². The lowest BCUT2D eigenvalue weighted by atomic mass is 9.86. The van der Waals surface area contributed by atoms with Crippen LogP contribution in [0.5, 0.6) is 0 Å². The van der Waals surface area contributed by atoms with Gasteiger partial charge in [0.15, 0.2) is 0 Å². The molecule has 0 amide bonds. The van der Waals surface area contributed by atoms with Crippen LogP contribution in [0.25, 0.3) is 0 Å². The summed E-state index contributed by atoms with van der Waals surface area (Å²) in [6, 6.07) is 0. The Hall–Kier alpha value is -0.320. The van der Waals surface area contributed by atoms with Gasteiger partial charge in [0.05, 0.1) is 6.10 Å². The van der Waals surface area contributed by atoms with E-state index in [-0.39, 0.29) is 6.10 Å². The van der Waals surface area contributed by atoms with Crippen molar-refractivity contribution in [3.63, 3.8) is 0 Å². The fraction of sp³-hybridized carbons (Fsp3) is 0.875. The molecule has 4 nitrogen and oxygen atoms in total. The highest BCUT2D eigenvalue weighted by molar-refractivity contribution is 6.60. The van der Waals surface area contributed by atoms with Crippen molar-refractivity contribution in [2.75, 3.05) is 19.6 Å². The lowest BCUT2D eigenvalue weighted by Gasteiger charge is -2.42. The van der Waals surface area contributed by atoms with Gasteiger partial charge in [-0.15, -0.1) is 0 Å². The van der Waals surface area contributed by atoms with Crippen LogP contribution in [0.1, 0.15) is 12.8 Å².